The number of nitrogens with one attached hydrogen (secondary N) is 1. The van der Waals surface area contributed by atoms with Gasteiger partial charge in [0.15, 0.2) is 0 Å². The molecular formula is C8H6B3NO2. The zero-order valence-corrected chi connectivity index (χ0v) is 7.66. The van der Waals surface area contributed by atoms with Gasteiger partial charge < -0.3 is 10.4 Å². The van der Waals surface area contributed by atoms with E-state index in [9.17, 15) is 9.90 Å². The van der Waals surface area contributed by atoms with Crippen molar-refractivity contribution < 1.29 is 9.90 Å². The van der Waals surface area contributed by atoms with E-state index in [2.05, 4.69) is 5.32 Å². The predicted molar refractivity (Wildman–Crippen MR) is 58.6 cm³/mol. The normalized spacial score (nSPS) is 9.79. The van der Waals surface area contributed by atoms with E-state index in [4.69, 9.17) is 23.5 Å². The number of benzene rings is 1. The monoisotopic (exact) mass is 181 g/mol. The Morgan fingerprint density at radius 3 is 2.43 bits per heavy atom. The molecule has 0 unspecified atom stereocenters. The van der Waals surface area contributed by atoms with Crippen LogP contribution in [0.3, 0.4) is 0 Å². The second-order valence-corrected chi connectivity index (χ2v) is 2.87. The number of amides is 1. The second kappa shape index (κ2) is 3.82. The number of aromatic hydroxyl groups is 1. The van der Waals surface area contributed by atoms with Crippen LogP contribution in [0.15, 0.2) is 6.07 Å². The van der Waals surface area contributed by atoms with Gasteiger partial charge in [0, 0.05) is 12.6 Å². The van der Waals surface area contributed by atoms with E-state index >= 15 is 0 Å². The van der Waals surface area contributed by atoms with E-state index < -0.39 is 0 Å². The molecule has 0 aliphatic rings. The SMILES string of the molecule is [B]c1cc(O)c([B])c([B])c1NC(C)=O. The topological polar surface area (TPSA) is 49.3 Å². The molecule has 1 aromatic carbocycles. The highest BCUT2D eigenvalue weighted by Crippen LogP contribution is 2.04. The minimum Gasteiger partial charge on any atom is -0.509 e. The van der Waals surface area contributed by atoms with Crippen LogP contribution in [0.25, 0.3) is 0 Å². The second-order valence-electron chi connectivity index (χ2n) is 2.87. The molecule has 64 valence electrons. The maximum atomic E-state index is 10.8. The smallest absolute Gasteiger partial charge is 0.221 e. The molecule has 0 atom stereocenters. The Morgan fingerprint density at radius 1 is 1.36 bits per heavy atom. The van der Waals surface area contributed by atoms with Crippen molar-refractivity contribution in [3.8, 4) is 5.75 Å². The van der Waals surface area contributed by atoms with Gasteiger partial charge in [0.25, 0.3) is 0 Å². The first-order valence-electron chi connectivity index (χ1n) is 3.87. The summed E-state index contributed by atoms with van der Waals surface area (Å²) < 4.78 is 0. The predicted octanol–water partition coefficient (Wildman–Crippen LogP) is -2.27. The number of phenols is 1. The number of carbonyl (C=O) groups is 1. The number of phenolic OH excluding ortho intramolecular Hbond substituents is 1. The fourth-order valence-corrected chi connectivity index (χ4v) is 1.04. The van der Waals surface area contributed by atoms with Crippen LogP contribution in [-0.4, -0.2) is 34.6 Å². The van der Waals surface area contributed by atoms with Crippen molar-refractivity contribution in [3.63, 3.8) is 0 Å². The fraction of sp³-hybridized carbons (Fsp3) is 0.125. The Labute approximate surface area is 86.1 Å². The lowest BCUT2D eigenvalue weighted by molar-refractivity contribution is -0.114. The molecule has 0 aromatic heterocycles. The van der Waals surface area contributed by atoms with Gasteiger partial charge in [0.1, 0.15) is 29.3 Å². The molecule has 0 aliphatic heterocycles. The van der Waals surface area contributed by atoms with Crippen molar-refractivity contribution >= 4 is 51.5 Å². The summed E-state index contributed by atoms with van der Waals surface area (Å²) in [5.74, 6) is -0.511. The Morgan fingerprint density at radius 2 is 1.93 bits per heavy atom. The van der Waals surface area contributed by atoms with Crippen LogP contribution < -0.4 is 21.7 Å². The van der Waals surface area contributed by atoms with Crippen LogP contribution in [0.1, 0.15) is 6.92 Å². The fourth-order valence-electron chi connectivity index (χ4n) is 1.04. The van der Waals surface area contributed by atoms with Crippen molar-refractivity contribution in [3.05, 3.63) is 6.07 Å². The molecule has 3 nitrogen and oxygen atoms in total. The summed E-state index contributed by atoms with van der Waals surface area (Å²) in [5, 5.41) is 11.7. The third-order valence-electron chi connectivity index (χ3n) is 1.72. The van der Waals surface area contributed by atoms with Crippen molar-refractivity contribution in [1.82, 2.24) is 0 Å². The third kappa shape index (κ3) is 1.95. The Hall–Kier alpha value is -1.32. The van der Waals surface area contributed by atoms with Crippen LogP contribution in [0, 0.1) is 0 Å². The molecule has 0 spiro atoms. The largest absolute Gasteiger partial charge is 0.509 e. The maximum Gasteiger partial charge on any atom is 0.221 e. The van der Waals surface area contributed by atoms with E-state index in [1.54, 1.807) is 0 Å². The van der Waals surface area contributed by atoms with Gasteiger partial charge in [-0.05, 0) is 6.07 Å². The molecule has 0 fully saturated rings. The maximum absolute atomic E-state index is 10.8. The van der Waals surface area contributed by atoms with Crippen molar-refractivity contribution in [2.75, 3.05) is 5.32 Å². The van der Waals surface area contributed by atoms with Crippen molar-refractivity contribution in [2.45, 2.75) is 6.92 Å². The standard InChI is InChI=1S/C8H6B3NO2/c1-3(13)12-8-4(9)2-5(14)6(10)7(8)11/h2,14H,1H3,(H,12,13). The summed E-state index contributed by atoms with van der Waals surface area (Å²) in [5.41, 5.74) is 0.470. The van der Waals surface area contributed by atoms with Crippen LogP contribution in [0.2, 0.25) is 0 Å². The van der Waals surface area contributed by atoms with E-state index in [0.717, 1.165) is 0 Å². The summed E-state index contributed by atoms with van der Waals surface area (Å²) >= 11 is 0. The van der Waals surface area contributed by atoms with E-state index in [1.807, 2.05) is 0 Å². The average Bonchev–Trinajstić information content (AvgIpc) is 2.09. The van der Waals surface area contributed by atoms with Gasteiger partial charge in [-0.2, -0.15) is 0 Å². The van der Waals surface area contributed by atoms with E-state index in [1.165, 1.54) is 13.0 Å². The summed E-state index contributed by atoms with van der Waals surface area (Å²) in [6, 6.07) is 1.23. The average molecular weight is 181 g/mol. The molecule has 14 heavy (non-hydrogen) atoms. The highest BCUT2D eigenvalue weighted by atomic mass is 16.3. The molecule has 1 aromatic rings. The number of hydrogen-bond acceptors (Lipinski definition) is 2. The van der Waals surface area contributed by atoms with Gasteiger partial charge in [-0.1, -0.05) is 16.4 Å². The van der Waals surface area contributed by atoms with Gasteiger partial charge in [-0.3, -0.25) is 4.79 Å². The first-order chi connectivity index (χ1) is 6.43. The third-order valence-corrected chi connectivity index (χ3v) is 1.72. The Bertz CT molecular complexity index is 393. The molecule has 1 amide bonds. The number of carbonyl (C=O) groups excluding carboxylic acids is 1. The van der Waals surface area contributed by atoms with Crippen LogP contribution in [0.4, 0.5) is 5.69 Å². The molecule has 2 N–H and O–H groups in total. The van der Waals surface area contributed by atoms with Gasteiger partial charge in [-0.15, -0.1) is 0 Å². The zero-order valence-electron chi connectivity index (χ0n) is 7.66. The molecular weight excluding hydrogens is 175 g/mol. The lowest BCUT2D eigenvalue weighted by Gasteiger charge is -2.15. The summed E-state index contributed by atoms with van der Waals surface area (Å²) in [4.78, 5) is 10.8. The Kier molecular flexibility index (Phi) is 2.94. The highest BCUT2D eigenvalue weighted by molar-refractivity contribution is 6.55. The first-order valence-corrected chi connectivity index (χ1v) is 3.87. The molecule has 0 aliphatic carbocycles. The number of rotatable bonds is 1. The minimum atomic E-state index is -0.312. The minimum absolute atomic E-state index is 0.00273. The van der Waals surface area contributed by atoms with Crippen LogP contribution >= 0.6 is 0 Å². The molecule has 6 heteroatoms. The quantitative estimate of drug-likeness (QED) is 0.378. The molecule has 6 radical (unpaired) electrons. The molecule has 0 saturated heterocycles. The molecule has 1 rings (SSSR count). The van der Waals surface area contributed by atoms with Gasteiger partial charge in [-0.25, -0.2) is 0 Å². The first kappa shape index (κ1) is 10.8. The van der Waals surface area contributed by atoms with E-state index in [0.29, 0.717) is 0 Å². The van der Waals surface area contributed by atoms with E-state index in [-0.39, 0.29) is 33.7 Å². The number of hydrogen-bond donors (Lipinski definition) is 2. The van der Waals surface area contributed by atoms with Crippen molar-refractivity contribution in [2.24, 2.45) is 0 Å². The zero-order chi connectivity index (χ0) is 10.9. The summed E-state index contributed by atoms with van der Waals surface area (Å²) in [7, 11) is 16.5. The molecule has 0 saturated carbocycles. The Balaban J connectivity index is 3.29. The summed E-state index contributed by atoms with van der Waals surface area (Å²) in [6.45, 7) is 1.32. The summed E-state index contributed by atoms with van der Waals surface area (Å²) in [6.07, 6.45) is 0. The number of anilines is 1. The van der Waals surface area contributed by atoms with Gasteiger partial charge >= 0.3 is 0 Å². The van der Waals surface area contributed by atoms with Gasteiger partial charge in [0.05, 0.1) is 0 Å². The molecule has 0 heterocycles. The molecule has 0 bridgehead atoms. The van der Waals surface area contributed by atoms with Crippen molar-refractivity contribution in [1.29, 1.82) is 0 Å². The lowest BCUT2D eigenvalue weighted by Crippen LogP contribution is -2.35. The van der Waals surface area contributed by atoms with Crippen LogP contribution in [-0.2, 0) is 4.79 Å². The van der Waals surface area contributed by atoms with Crippen LogP contribution in [0.5, 0.6) is 5.75 Å². The lowest BCUT2D eigenvalue weighted by atomic mass is 9.74. The van der Waals surface area contributed by atoms with Gasteiger partial charge in [0.2, 0.25) is 5.91 Å². The highest BCUT2D eigenvalue weighted by Gasteiger charge is 2.08.